The number of aromatic nitrogens is 3. The van der Waals surface area contributed by atoms with Gasteiger partial charge in [0.15, 0.2) is 5.16 Å². The summed E-state index contributed by atoms with van der Waals surface area (Å²) in [5, 5.41) is 13.1. The minimum absolute atomic E-state index is 0.118. The molecule has 2 N–H and O–H groups in total. The zero-order chi connectivity index (χ0) is 18.1. The number of aliphatic hydroxyl groups is 1. The van der Waals surface area contributed by atoms with Crippen molar-refractivity contribution < 1.29 is 9.84 Å². The smallest absolute Gasteiger partial charge is 0.228 e. The molecule has 0 saturated carbocycles. The highest BCUT2D eigenvalue weighted by atomic mass is 35.5. The molecular weight excluding hydrogens is 360 g/mol. The van der Waals surface area contributed by atoms with Crippen LogP contribution < -0.4 is 10.1 Å². The van der Waals surface area contributed by atoms with Crippen LogP contribution in [0.15, 0.2) is 29.4 Å². The van der Waals surface area contributed by atoms with Crippen molar-refractivity contribution in [2.45, 2.75) is 43.1 Å². The van der Waals surface area contributed by atoms with Crippen molar-refractivity contribution in [3.8, 4) is 5.75 Å². The standard InChI is InChI=1S/C17H23ClN4O2S/c1-3-4-13(9-10-23)19-16-20-15(18)21-17(22-16)25-11-12-5-7-14(24-2)8-6-12/h5-8,13,23H,3-4,9-11H2,1-2H3,(H,19,20,21,22)/t13-/m1/s1. The summed E-state index contributed by atoms with van der Waals surface area (Å²) in [6.45, 7) is 2.22. The number of methoxy groups -OCH3 is 1. The average molecular weight is 383 g/mol. The number of nitrogens with one attached hydrogen (secondary N) is 1. The molecule has 0 spiro atoms. The quantitative estimate of drug-likeness (QED) is 0.605. The van der Waals surface area contributed by atoms with E-state index in [4.69, 9.17) is 21.4 Å². The van der Waals surface area contributed by atoms with Gasteiger partial charge in [-0.3, -0.25) is 0 Å². The molecule has 2 aromatic rings. The summed E-state index contributed by atoms with van der Waals surface area (Å²) in [5.41, 5.74) is 1.14. The number of anilines is 1. The topological polar surface area (TPSA) is 80.2 Å². The second-order valence-electron chi connectivity index (χ2n) is 5.49. The summed E-state index contributed by atoms with van der Waals surface area (Å²) in [6.07, 6.45) is 2.58. The lowest BCUT2D eigenvalue weighted by Crippen LogP contribution is -2.22. The Labute approximate surface area is 157 Å². The van der Waals surface area contributed by atoms with Crippen LogP contribution in [0.3, 0.4) is 0 Å². The van der Waals surface area contributed by atoms with Crippen LogP contribution in [0.2, 0.25) is 5.28 Å². The minimum Gasteiger partial charge on any atom is -0.497 e. The highest BCUT2D eigenvalue weighted by molar-refractivity contribution is 7.98. The van der Waals surface area contributed by atoms with Crippen molar-refractivity contribution in [1.82, 2.24) is 15.0 Å². The zero-order valence-corrected chi connectivity index (χ0v) is 16.0. The molecule has 136 valence electrons. The first kappa shape index (κ1) is 19.8. The predicted octanol–water partition coefficient (Wildman–Crippen LogP) is 3.79. The van der Waals surface area contributed by atoms with Gasteiger partial charge >= 0.3 is 0 Å². The van der Waals surface area contributed by atoms with E-state index in [2.05, 4.69) is 27.2 Å². The molecule has 2 rings (SSSR count). The minimum atomic E-state index is 0.118. The number of benzene rings is 1. The lowest BCUT2D eigenvalue weighted by Gasteiger charge is -2.17. The van der Waals surface area contributed by atoms with E-state index >= 15 is 0 Å². The fraction of sp³-hybridized carbons (Fsp3) is 0.471. The third-order valence-corrected chi connectivity index (χ3v) is 4.65. The molecule has 25 heavy (non-hydrogen) atoms. The normalized spacial score (nSPS) is 12.0. The van der Waals surface area contributed by atoms with E-state index in [1.165, 1.54) is 11.8 Å². The van der Waals surface area contributed by atoms with Gasteiger partial charge in [0, 0.05) is 18.4 Å². The van der Waals surface area contributed by atoms with E-state index in [-0.39, 0.29) is 17.9 Å². The molecule has 1 atom stereocenters. The summed E-state index contributed by atoms with van der Waals surface area (Å²) >= 11 is 7.52. The van der Waals surface area contributed by atoms with Gasteiger partial charge in [-0.2, -0.15) is 15.0 Å². The number of nitrogens with zero attached hydrogens (tertiary/aromatic N) is 3. The molecule has 8 heteroatoms. The fourth-order valence-corrected chi connectivity index (χ4v) is 3.31. The molecule has 0 saturated heterocycles. The summed E-state index contributed by atoms with van der Waals surface area (Å²) in [4.78, 5) is 12.7. The maximum atomic E-state index is 9.17. The van der Waals surface area contributed by atoms with Crippen molar-refractivity contribution in [2.24, 2.45) is 0 Å². The Morgan fingerprint density at radius 1 is 1.20 bits per heavy atom. The van der Waals surface area contributed by atoms with Crippen molar-refractivity contribution >= 4 is 29.3 Å². The lowest BCUT2D eigenvalue weighted by molar-refractivity contribution is 0.276. The van der Waals surface area contributed by atoms with E-state index < -0.39 is 0 Å². The Kier molecular flexibility index (Phi) is 8.24. The number of hydrogen-bond donors (Lipinski definition) is 2. The van der Waals surface area contributed by atoms with Gasteiger partial charge in [-0.15, -0.1) is 0 Å². The van der Waals surface area contributed by atoms with Gasteiger partial charge in [-0.25, -0.2) is 0 Å². The average Bonchev–Trinajstić information content (AvgIpc) is 2.60. The Morgan fingerprint density at radius 2 is 1.96 bits per heavy atom. The van der Waals surface area contributed by atoms with E-state index in [0.29, 0.717) is 17.5 Å². The van der Waals surface area contributed by atoms with Crippen LogP contribution >= 0.6 is 23.4 Å². The molecule has 0 aliphatic heterocycles. The molecule has 0 bridgehead atoms. The summed E-state index contributed by atoms with van der Waals surface area (Å²) in [6, 6.07) is 7.98. The first-order valence-electron chi connectivity index (χ1n) is 8.19. The Morgan fingerprint density at radius 3 is 2.60 bits per heavy atom. The lowest BCUT2D eigenvalue weighted by atomic mass is 10.1. The Balaban J connectivity index is 2.01. The molecule has 0 radical (unpaired) electrons. The van der Waals surface area contributed by atoms with Gasteiger partial charge in [0.2, 0.25) is 11.2 Å². The van der Waals surface area contributed by atoms with Crippen LogP contribution in [-0.4, -0.2) is 39.8 Å². The van der Waals surface area contributed by atoms with E-state index in [0.717, 1.165) is 29.9 Å². The van der Waals surface area contributed by atoms with Gasteiger partial charge in [-0.05, 0) is 42.1 Å². The number of ether oxygens (including phenoxy) is 1. The maximum Gasteiger partial charge on any atom is 0.228 e. The monoisotopic (exact) mass is 382 g/mol. The molecule has 1 aromatic heterocycles. The number of thioether (sulfide) groups is 1. The van der Waals surface area contributed by atoms with Crippen LogP contribution in [0.25, 0.3) is 0 Å². The van der Waals surface area contributed by atoms with Crippen molar-refractivity contribution in [2.75, 3.05) is 19.0 Å². The van der Waals surface area contributed by atoms with E-state index in [1.54, 1.807) is 7.11 Å². The summed E-state index contributed by atoms with van der Waals surface area (Å²) in [5.74, 6) is 2.00. The van der Waals surface area contributed by atoms with Crippen molar-refractivity contribution in [1.29, 1.82) is 0 Å². The van der Waals surface area contributed by atoms with E-state index in [9.17, 15) is 0 Å². The molecule has 0 aliphatic carbocycles. The first-order chi connectivity index (χ1) is 12.1. The van der Waals surface area contributed by atoms with Gasteiger partial charge in [-0.1, -0.05) is 37.2 Å². The molecule has 0 amide bonds. The molecule has 1 heterocycles. The van der Waals surface area contributed by atoms with Gasteiger partial charge in [0.1, 0.15) is 5.75 Å². The third-order valence-electron chi connectivity index (χ3n) is 3.56. The Hall–Kier alpha value is -1.57. The highest BCUT2D eigenvalue weighted by Crippen LogP contribution is 2.23. The first-order valence-corrected chi connectivity index (χ1v) is 9.55. The van der Waals surface area contributed by atoms with E-state index in [1.807, 2.05) is 24.3 Å². The molecule has 6 nitrogen and oxygen atoms in total. The van der Waals surface area contributed by atoms with Crippen LogP contribution in [0.1, 0.15) is 31.7 Å². The van der Waals surface area contributed by atoms with Crippen molar-refractivity contribution in [3.05, 3.63) is 35.1 Å². The second-order valence-corrected chi connectivity index (χ2v) is 6.77. The molecule has 0 aliphatic rings. The van der Waals surface area contributed by atoms with Gasteiger partial charge in [0.05, 0.1) is 7.11 Å². The van der Waals surface area contributed by atoms with Crippen molar-refractivity contribution in [3.63, 3.8) is 0 Å². The third kappa shape index (κ3) is 6.68. The van der Waals surface area contributed by atoms with Crippen LogP contribution in [0.4, 0.5) is 5.95 Å². The zero-order valence-electron chi connectivity index (χ0n) is 14.4. The van der Waals surface area contributed by atoms with Crippen LogP contribution in [-0.2, 0) is 5.75 Å². The van der Waals surface area contributed by atoms with Gasteiger partial charge in [0.25, 0.3) is 0 Å². The largest absolute Gasteiger partial charge is 0.497 e. The summed E-state index contributed by atoms with van der Waals surface area (Å²) in [7, 11) is 1.65. The molecule has 0 fully saturated rings. The van der Waals surface area contributed by atoms with Crippen LogP contribution in [0.5, 0.6) is 5.75 Å². The predicted molar refractivity (Wildman–Crippen MR) is 101 cm³/mol. The maximum absolute atomic E-state index is 9.17. The molecular formula is C17H23ClN4O2S. The molecule has 0 unspecified atom stereocenters. The van der Waals surface area contributed by atoms with Gasteiger partial charge < -0.3 is 15.2 Å². The second kappa shape index (κ2) is 10.4. The summed E-state index contributed by atoms with van der Waals surface area (Å²) < 4.78 is 5.16. The molecule has 1 aromatic carbocycles. The Bertz CT molecular complexity index is 652. The SMILES string of the molecule is CCC[C@H](CCO)Nc1nc(Cl)nc(SCc2ccc(OC)cc2)n1. The number of aliphatic hydroxyl groups excluding tert-OH is 1. The number of rotatable bonds is 10. The number of halogens is 1. The number of hydrogen-bond acceptors (Lipinski definition) is 7. The fourth-order valence-electron chi connectivity index (χ4n) is 2.31. The van der Waals surface area contributed by atoms with Crippen LogP contribution in [0, 0.1) is 0 Å². The highest BCUT2D eigenvalue weighted by Gasteiger charge is 2.11.